The molecule has 0 aliphatic rings. The van der Waals surface area contributed by atoms with Crippen LogP contribution in [0.3, 0.4) is 0 Å². The smallest absolute Gasteiger partial charge is 0.142 e. The Morgan fingerprint density at radius 1 is 1.25 bits per heavy atom. The first-order valence-corrected chi connectivity index (χ1v) is 7.03. The lowest BCUT2D eigenvalue weighted by Crippen LogP contribution is -2.19. The zero-order valence-corrected chi connectivity index (χ0v) is 12.8. The third kappa shape index (κ3) is 3.69. The van der Waals surface area contributed by atoms with Gasteiger partial charge in [0.1, 0.15) is 5.82 Å². The third-order valence-electron chi connectivity index (χ3n) is 3.04. The molecule has 2 aromatic rings. The minimum atomic E-state index is -0.464. The Labute approximate surface area is 127 Å². The van der Waals surface area contributed by atoms with Crippen molar-refractivity contribution < 1.29 is 4.39 Å². The molecule has 0 aliphatic heterocycles. The lowest BCUT2D eigenvalue weighted by molar-refractivity contribution is 0.559. The lowest BCUT2D eigenvalue weighted by Gasteiger charge is -2.16. The fourth-order valence-corrected chi connectivity index (χ4v) is 2.48. The number of nitrogens with one attached hydrogen (secondary N) is 1. The monoisotopic (exact) mass is 312 g/mol. The largest absolute Gasteiger partial charge is 0.305 e. The normalized spacial score (nSPS) is 12.4. The Morgan fingerprint density at radius 3 is 2.70 bits per heavy atom. The highest BCUT2D eigenvalue weighted by Gasteiger charge is 2.13. The number of pyridine rings is 1. The average molecular weight is 313 g/mol. The summed E-state index contributed by atoms with van der Waals surface area (Å²) in [4.78, 5) is 4.40. The van der Waals surface area contributed by atoms with Crippen LogP contribution < -0.4 is 5.32 Å². The van der Waals surface area contributed by atoms with Crippen LogP contribution in [0.15, 0.2) is 30.3 Å². The van der Waals surface area contributed by atoms with Crippen LogP contribution in [-0.4, -0.2) is 4.98 Å². The molecule has 2 rings (SSSR count). The predicted molar refractivity (Wildman–Crippen MR) is 80.6 cm³/mol. The SMILES string of the molecule is Cc1cccc(CNC(C)c2cc(F)c(Cl)cc2Cl)n1. The molecule has 0 saturated heterocycles. The van der Waals surface area contributed by atoms with Crippen molar-refractivity contribution in [1.29, 1.82) is 0 Å². The van der Waals surface area contributed by atoms with Gasteiger partial charge in [0.2, 0.25) is 0 Å². The Morgan fingerprint density at radius 2 is 2.00 bits per heavy atom. The van der Waals surface area contributed by atoms with Crippen LogP contribution in [0.1, 0.15) is 29.9 Å². The van der Waals surface area contributed by atoms with E-state index >= 15 is 0 Å². The highest BCUT2D eigenvalue weighted by Crippen LogP contribution is 2.28. The van der Waals surface area contributed by atoms with E-state index in [2.05, 4.69) is 10.3 Å². The summed E-state index contributed by atoms with van der Waals surface area (Å²) >= 11 is 11.8. The van der Waals surface area contributed by atoms with Crippen LogP contribution in [0.4, 0.5) is 4.39 Å². The molecule has 106 valence electrons. The molecule has 0 radical (unpaired) electrons. The molecule has 20 heavy (non-hydrogen) atoms. The minimum absolute atomic E-state index is 0.0336. The number of rotatable bonds is 4. The van der Waals surface area contributed by atoms with Crippen LogP contribution >= 0.6 is 23.2 Å². The summed E-state index contributed by atoms with van der Waals surface area (Å²) < 4.78 is 13.5. The van der Waals surface area contributed by atoms with Gasteiger partial charge < -0.3 is 5.32 Å². The Hall–Kier alpha value is -1.16. The Bertz CT molecular complexity index is 617. The third-order valence-corrected chi connectivity index (χ3v) is 3.66. The maximum absolute atomic E-state index is 13.5. The molecule has 0 saturated carbocycles. The maximum atomic E-state index is 13.5. The first-order chi connectivity index (χ1) is 9.47. The summed E-state index contributed by atoms with van der Waals surface area (Å²) in [6.45, 7) is 4.45. The van der Waals surface area contributed by atoms with Crippen molar-refractivity contribution in [2.24, 2.45) is 0 Å². The number of halogens is 3. The van der Waals surface area contributed by atoms with Crippen LogP contribution in [0, 0.1) is 12.7 Å². The van der Waals surface area contributed by atoms with Gasteiger partial charge >= 0.3 is 0 Å². The number of nitrogens with zero attached hydrogens (tertiary/aromatic N) is 1. The Balaban J connectivity index is 2.09. The molecule has 2 nitrogen and oxygen atoms in total. The second-order valence-corrected chi connectivity index (χ2v) is 5.48. The van der Waals surface area contributed by atoms with E-state index in [1.807, 2.05) is 32.0 Å². The van der Waals surface area contributed by atoms with Crippen LogP contribution in [0.2, 0.25) is 10.0 Å². The highest BCUT2D eigenvalue weighted by molar-refractivity contribution is 6.35. The van der Waals surface area contributed by atoms with Crippen molar-refractivity contribution in [2.45, 2.75) is 26.4 Å². The van der Waals surface area contributed by atoms with Gasteiger partial charge in [-0.3, -0.25) is 4.98 Å². The number of aryl methyl sites for hydroxylation is 1. The van der Waals surface area contributed by atoms with Crippen molar-refractivity contribution in [3.63, 3.8) is 0 Å². The molecule has 1 unspecified atom stereocenters. The molecule has 1 heterocycles. The zero-order valence-electron chi connectivity index (χ0n) is 11.3. The van der Waals surface area contributed by atoms with Crippen molar-refractivity contribution in [3.8, 4) is 0 Å². The summed E-state index contributed by atoms with van der Waals surface area (Å²) in [5.41, 5.74) is 2.58. The van der Waals surface area contributed by atoms with Gasteiger partial charge in [-0.2, -0.15) is 0 Å². The first-order valence-electron chi connectivity index (χ1n) is 6.27. The van der Waals surface area contributed by atoms with Gasteiger partial charge in [-0.05, 0) is 43.7 Å². The molecule has 1 aromatic heterocycles. The molecule has 5 heteroatoms. The molecular formula is C15H15Cl2FN2. The molecule has 1 aromatic carbocycles. The van der Waals surface area contributed by atoms with Gasteiger partial charge in [-0.25, -0.2) is 4.39 Å². The first kappa shape index (κ1) is 15.2. The molecule has 1 atom stereocenters. The molecular weight excluding hydrogens is 298 g/mol. The van der Waals surface area contributed by atoms with Gasteiger partial charge in [-0.1, -0.05) is 29.3 Å². The lowest BCUT2D eigenvalue weighted by atomic mass is 10.1. The van der Waals surface area contributed by atoms with Gasteiger partial charge in [0.15, 0.2) is 0 Å². The number of aromatic nitrogens is 1. The maximum Gasteiger partial charge on any atom is 0.142 e. The standard InChI is InChI=1S/C15H15Cl2FN2/c1-9-4-3-5-11(20-9)8-19-10(2)12-6-15(18)14(17)7-13(12)16/h3-7,10,19H,8H2,1-2H3. The fraction of sp³-hybridized carbons (Fsp3) is 0.267. The van der Waals surface area contributed by atoms with E-state index in [0.29, 0.717) is 17.1 Å². The van der Waals surface area contributed by atoms with E-state index in [9.17, 15) is 4.39 Å². The summed E-state index contributed by atoms with van der Waals surface area (Å²) in [5.74, 6) is -0.464. The van der Waals surface area contributed by atoms with Gasteiger partial charge in [0.25, 0.3) is 0 Å². The van der Waals surface area contributed by atoms with E-state index in [0.717, 1.165) is 11.4 Å². The molecule has 0 spiro atoms. The topological polar surface area (TPSA) is 24.9 Å². The molecule has 0 fully saturated rings. The zero-order chi connectivity index (χ0) is 14.7. The van der Waals surface area contributed by atoms with Crippen LogP contribution in [0.5, 0.6) is 0 Å². The molecule has 1 N–H and O–H groups in total. The second kappa shape index (κ2) is 6.53. The average Bonchev–Trinajstić information content (AvgIpc) is 2.40. The van der Waals surface area contributed by atoms with Crippen molar-refractivity contribution in [3.05, 3.63) is 63.1 Å². The van der Waals surface area contributed by atoms with Crippen molar-refractivity contribution in [2.75, 3.05) is 0 Å². The number of hydrogen-bond acceptors (Lipinski definition) is 2. The van der Waals surface area contributed by atoms with E-state index in [1.54, 1.807) is 0 Å². The van der Waals surface area contributed by atoms with Gasteiger partial charge in [0, 0.05) is 23.3 Å². The fourth-order valence-electron chi connectivity index (χ4n) is 1.94. The number of hydrogen-bond donors (Lipinski definition) is 1. The summed E-state index contributed by atoms with van der Waals surface area (Å²) in [6, 6.07) is 8.54. The van der Waals surface area contributed by atoms with E-state index in [-0.39, 0.29) is 11.1 Å². The van der Waals surface area contributed by atoms with E-state index < -0.39 is 5.82 Å². The number of benzene rings is 1. The second-order valence-electron chi connectivity index (χ2n) is 4.66. The quantitative estimate of drug-likeness (QED) is 0.829. The highest BCUT2D eigenvalue weighted by atomic mass is 35.5. The van der Waals surface area contributed by atoms with E-state index in [1.165, 1.54) is 12.1 Å². The summed E-state index contributed by atoms with van der Waals surface area (Å²) in [5, 5.41) is 3.76. The summed E-state index contributed by atoms with van der Waals surface area (Å²) in [6.07, 6.45) is 0. The van der Waals surface area contributed by atoms with E-state index in [4.69, 9.17) is 23.2 Å². The van der Waals surface area contributed by atoms with Gasteiger partial charge in [-0.15, -0.1) is 0 Å². The predicted octanol–water partition coefficient (Wildman–Crippen LogP) is 4.69. The molecule has 0 bridgehead atoms. The van der Waals surface area contributed by atoms with Crippen LogP contribution in [0.25, 0.3) is 0 Å². The minimum Gasteiger partial charge on any atom is -0.305 e. The van der Waals surface area contributed by atoms with Crippen molar-refractivity contribution >= 4 is 23.2 Å². The molecule has 0 aliphatic carbocycles. The van der Waals surface area contributed by atoms with Gasteiger partial charge in [0.05, 0.1) is 10.7 Å². The Kier molecular flexibility index (Phi) is 4.97. The molecule has 0 amide bonds. The summed E-state index contributed by atoms with van der Waals surface area (Å²) in [7, 11) is 0. The van der Waals surface area contributed by atoms with Crippen molar-refractivity contribution in [1.82, 2.24) is 10.3 Å². The van der Waals surface area contributed by atoms with Crippen LogP contribution in [-0.2, 0) is 6.54 Å².